The monoisotopic (exact) mass is 350 g/mol. The zero-order valence-corrected chi connectivity index (χ0v) is 15.5. The molecule has 0 spiro atoms. The van der Waals surface area contributed by atoms with Crippen LogP contribution in [0.25, 0.3) is 10.9 Å². The topological polar surface area (TPSA) is 36.1 Å². The van der Waals surface area contributed by atoms with Crippen LogP contribution >= 0.6 is 11.8 Å². The number of nitrogens with zero attached hydrogens (tertiary/aromatic N) is 1. The molecular weight excluding hydrogens is 328 g/mol. The fourth-order valence-electron chi connectivity index (χ4n) is 3.47. The van der Waals surface area contributed by atoms with Gasteiger partial charge < -0.3 is 9.88 Å². The highest BCUT2D eigenvalue weighted by molar-refractivity contribution is 8.00. The number of aryl methyl sites for hydroxylation is 2. The summed E-state index contributed by atoms with van der Waals surface area (Å²) in [6.07, 6.45) is 0.907. The predicted octanol–water partition coefficient (Wildman–Crippen LogP) is 4.46. The van der Waals surface area contributed by atoms with Crippen molar-refractivity contribution in [1.82, 2.24) is 9.88 Å². The van der Waals surface area contributed by atoms with Gasteiger partial charge in [-0.3, -0.25) is 4.79 Å². The summed E-state index contributed by atoms with van der Waals surface area (Å²) in [7, 11) is 0. The third kappa shape index (κ3) is 3.19. The van der Waals surface area contributed by atoms with Crippen molar-refractivity contribution in [3.63, 3.8) is 0 Å². The van der Waals surface area contributed by atoms with E-state index in [1.165, 1.54) is 38.2 Å². The number of carbonyl (C=O) groups excluding carboxylic acids is 1. The number of hydrogen-bond acceptors (Lipinski definition) is 2. The Balaban J connectivity index is 1.48. The largest absolute Gasteiger partial charge is 0.358 e. The Morgan fingerprint density at radius 2 is 2.04 bits per heavy atom. The molecule has 1 N–H and O–H groups in total. The number of para-hydroxylation sites is 1. The highest BCUT2D eigenvalue weighted by atomic mass is 32.2. The molecular formula is C21H22N2OS. The SMILES string of the molecule is Cc1ccc(C)c(SCC(=O)N2CCc3[nH]c4ccccc4c3C2)c1. The molecule has 1 aliphatic rings. The Labute approximate surface area is 152 Å². The number of rotatable bonds is 3. The molecule has 2 aromatic carbocycles. The summed E-state index contributed by atoms with van der Waals surface area (Å²) in [5, 5.41) is 1.25. The molecule has 1 amide bonds. The van der Waals surface area contributed by atoms with E-state index in [9.17, 15) is 4.79 Å². The Bertz CT molecular complexity index is 944. The van der Waals surface area contributed by atoms with Crippen LogP contribution in [0.15, 0.2) is 47.4 Å². The summed E-state index contributed by atoms with van der Waals surface area (Å²) >= 11 is 1.65. The first-order valence-electron chi connectivity index (χ1n) is 8.68. The molecule has 0 atom stereocenters. The average molecular weight is 350 g/mol. The van der Waals surface area contributed by atoms with E-state index in [1.807, 2.05) is 11.0 Å². The van der Waals surface area contributed by atoms with Crippen LogP contribution in [0.3, 0.4) is 0 Å². The molecule has 2 heterocycles. The quantitative estimate of drug-likeness (QED) is 0.708. The fourth-order valence-corrected chi connectivity index (χ4v) is 4.50. The second kappa shape index (κ2) is 6.60. The number of thioether (sulfide) groups is 1. The van der Waals surface area contributed by atoms with Gasteiger partial charge >= 0.3 is 0 Å². The molecule has 0 unspecified atom stereocenters. The molecule has 4 heteroatoms. The molecule has 3 nitrogen and oxygen atoms in total. The molecule has 0 aliphatic carbocycles. The van der Waals surface area contributed by atoms with Gasteiger partial charge in [-0.05, 0) is 31.5 Å². The van der Waals surface area contributed by atoms with Gasteiger partial charge in [-0.1, -0.05) is 35.9 Å². The van der Waals surface area contributed by atoms with Gasteiger partial charge in [0.15, 0.2) is 0 Å². The maximum atomic E-state index is 12.7. The molecule has 4 rings (SSSR count). The highest BCUT2D eigenvalue weighted by Gasteiger charge is 2.23. The summed E-state index contributed by atoms with van der Waals surface area (Å²) in [6.45, 7) is 5.71. The van der Waals surface area contributed by atoms with E-state index in [0.717, 1.165) is 13.0 Å². The summed E-state index contributed by atoms with van der Waals surface area (Å²) in [5.41, 5.74) is 6.22. The number of hydrogen-bond donors (Lipinski definition) is 1. The number of carbonyl (C=O) groups is 1. The first kappa shape index (κ1) is 16.3. The van der Waals surface area contributed by atoms with Gasteiger partial charge in [-0.25, -0.2) is 0 Å². The zero-order chi connectivity index (χ0) is 17.4. The molecule has 0 saturated heterocycles. The van der Waals surface area contributed by atoms with Crippen molar-refractivity contribution in [2.75, 3.05) is 12.3 Å². The number of aromatic nitrogens is 1. The lowest BCUT2D eigenvalue weighted by atomic mass is 10.0. The van der Waals surface area contributed by atoms with Gasteiger partial charge in [-0.2, -0.15) is 0 Å². The van der Waals surface area contributed by atoms with Gasteiger partial charge in [0, 0.05) is 46.6 Å². The van der Waals surface area contributed by atoms with Crippen LogP contribution in [0.4, 0.5) is 0 Å². The summed E-state index contributed by atoms with van der Waals surface area (Å²) in [4.78, 5) is 19.4. The van der Waals surface area contributed by atoms with E-state index >= 15 is 0 Å². The van der Waals surface area contributed by atoms with Gasteiger partial charge in [0.25, 0.3) is 0 Å². The van der Waals surface area contributed by atoms with Crippen LogP contribution < -0.4 is 0 Å². The molecule has 128 valence electrons. The Hall–Kier alpha value is -2.20. The average Bonchev–Trinajstić information content (AvgIpc) is 3.00. The van der Waals surface area contributed by atoms with Crippen LogP contribution in [-0.4, -0.2) is 28.1 Å². The third-order valence-corrected chi connectivity index (χ3v) is 6.07. The van der Waals surface area contributed by atoms with Gasteiger partial charge in [0.2, 0.25) is 5.91 Å². The number of amides is 1. The van der Waals surface area contributed by atoms with Crippen molar-refractivity contribution in [1.29, 1.82) is 0 Å². The number of nitrogens with one attached hydrogen (secondary N) is 1. The van der Waals surface area contributed by atoms with Gasteiger partial charge in [0.05, 0.1) is 5.75 Å². The van der Waals surface area contributed by atoms with E-state index in [0.29, 0.717) is 12.3 Å². The molecule has 0 bridgehead atoms. The van der Waals surface area contributed by atoms with Crippen LogP contribution in [0.1, 0.15) is 22.4 Å². The molecule has 1 aliphatic heterocycles. The second-order valence-corrected chi connectivity index (χ2v) is 7.77. The molecule has 25 heavy (non-hydrogen) atoms. The number of aromatic amines is 1. The third-order valence-electron chi connectivity index (χ3n) is 4.93. The lowest BCUT2D eigenvalue weighted by molar-refractivity contribution is -0.129. The molecule has 0 saturated carbocycles. The predicted molar refractivity (Wildman–Crippen MR) is 104 cm³/mol. The number of benzene rings is 2. The number of H-pyrrole nitrogens is 1. The Kier molecular flexibility index (Phi) is 4.30. The smallest absolute Gasteiger partial charge is 0.233 e. The normalized spacial score (nSPS) is 13.9. The van der Waals surface area contributed by atoms with Crippen molar-refractivity contribution < 1.29 is 4.79 Å². The maximum absolute atomic E-state index is 12.7. The summed E-state index contributed by atoms with van der Waals surface area (Å²) < 4.78 is 0. The highest BCUT2D eigenvalue weighted by Crippen LogP contribution is 2.29. The standard InChI is InChI=1S/C21H22N2OS/c1-14-7-8-15(2)20(11-14)25-13-21(24)23-10-9-19-17(12-23)16-5-3-4-6-18(16)22-19/h3-8,11,22H,9-10,12-13H2,1-2H3. The minimum Gasteiger partial charge on any atom is -0.358 e. The fraction of sp³-hybridized carbons (Fsp3) is 0.286. The van der Waals surface area contributed by atoms with Crippen molar-refractivity contribution in [2.24, 2.45) is 0 Å². The van der Waals surface area contributed by atoms with Gasteiger partial charge in [0.1, 0.15) is 0 Å². The minimum atomic E-state index is 0.224. The van der Waals surface area contributed by atoms with Gasteiger partial charge in [-0.15, -0.1) is 11.8 Å². The lowest BCUT2D eigenvalue weighted by Crippen LogP contribution is -2.36. The Morgan fingerprint density at radius 1 is 1.20 bits per heavy atom. The van der Waals surface area contributed by atoms with E-state index in [4.69, 9.17) is 0 Å². The molecule has 1 aromatic heterocycles. The van der Waals surface area contributed by atoms with E-state index < -0.39 is 0 Å². The van der Waals surface area contributed by atoms with Crippen molar-refractivity contribution in [2.45, 2.75) is 31.7 Å². The summed E-state index contributed by atoms with van der Waals surface area (Å²) in [5.74, 6) is 0.726. The van der Waals surface area contributed by atoms with Crippen molar-refractivity contribution in [3.8, 4) is 0 Å². The Morgan fingerprint density at radius 3 is 2.92 bits per heavy atom. The second-order valence-electron chi connectivity index (χ2n) is 6.75. The maximum Gasteiger partial charge on any atom is 0.233 e. The van der Waals surface area contributed by atoms with Crippen LogP contribution in [-0.2, 0) is 17.8 Å². The van der Waals surface area contributed by atoms with E-state index in [-0.39, 0.29) is 5.91 Å². The van der Waals surface area contributed by atoms with Crippen molar-refractivity contribution >= 4 is 28.6 Å². The van der Waals surface area contributed by atoms with E-state index in [1.54, 1.807) is 11.8 Å². The minimum absolute atomic E-state index is 0.224. The van der Waals surface area contributed by atoms with Crippen LogP contribution in [0.2, 0.25) is 0 Å². The first-order chi connectivity index (χ1) is 12.1. The number of fused-ring (bicyclic) bond motifs is 3. The van der Waals surface area contributed by atoms with Crippen molar-refractivity contribution in [3.05, 3.63) is 64.8 Å². The van der Waals surface area contributed by atoms with Crippen LogP contribution in [0, 0.1) is 13.8 Å². The zero-order valence-electron chi connectivity index (χ0n) is 14.6. The van der Waals surface area contributed by atoms with E-state index in [2.05, 4.69) is 55.2 Å². The molecule has 0 fully saturated rings. The molecule has 0 radical (unpaired) electrons. The first-order valence-corrected chi connectivity index (χ1v) is 9.66. The molecule has 3 aromatic rings. The lowest BCUT2D eigenvalue weighted by Gasteiger charge is -2.27. The van der Waals surface area contributed by atoms with Crippen LogP contribution in [0.5, 0.6) is 0 Å². The summed E-state index contributed by atoms with van der Waals surface area (Å²) in [6, 6.07) is 14.8.